The summed E-state index contributed by atoms with van der Waals surface area (Å²) in [6.45, 7) is -0.401. The van der Waals surface area contributed by atoms with E-state index in [1.807, 2.05) is 0 Å². The second-order valence-corrected chi connectivity index (χ2v) is 6.00. The van der Waals surface area contributed by atoms with E-state index in [1.54, 1.807) is 24.3 Å². The van der Waals surface area contributed by atoms with Crippen LogP contribution in [0.1, 0.15) is 20.7 Å². The Morgan fingerprint density at radius 3 is 2.70 bits per heavy atom. The largest absolute Gasteiger partial charge is 0.617 e. The molecule has 2 aromatic carbocycles. The number of hydrogen-bond donors (Lipinski definition) is 2. The van der Waals surface area contributed by atoms with Crippen molar-refractivity contribution in [3.8, 4) is 5.75 Å². The summed E-state index contributed by atoms with van der Waals surface area (Å²) >= 11 is 5.73. The lowest BCUT2D eigenvalue weighted by atomic mass is 9.88. The van der Waals surface area contributed by atoms with Crippen LogP contribution in [-0.2, 0) is 9.45 Å². The number of rotatable bonds is 5. The molecule has 7 nitrogen and oxygen atoms in total. The number of fused-ring (bicyclic) bond motifs is 1. The maximum atomic E-state index is 13.6. The van der Waals surface area contributed by atoms with Gasteiger partial charge in [0.25, 0.3) is 5.91 Å². The fraction of sp³-hybridized carbons (Fsp3) is 0.118. The summed E-state index contributed by atoms with van der Waals surface area (Å²) in [4.78, 5) is 35.6. The van der Waals surface area contributed by atoms with E-state index in [9.17, 15) is 18.8 Å². The van der Waals surface area contributed by atoms with Crippen LogP contribution in [0.25, 0.3) is 0 Å². The van der Waals surface area contributed by atoms with E-state index in [4.69, 9.17) is 20.9 Å². The van der Waals surface area contributed by atoms with Crippen molar-refractivity contribution in [2.75, 3.05) is 13.0 Å². The van der Waals surface area contributed by atoms with Crippen molar-refractivity contribution >= 4 is 36.5 Å². The first-order valence-electron chi connectivity index (χ1n) is 7.90. The first kappa shape index (κ1) is 18.7. The molecule has 1 heterocycles. The van der Waals surface area contributed by atoms with Crippen molar-refractivity contribution in [1.82, 2.24) is 10.6 Å². The fourth-order valence-corrected chi connectivity index (χ4v) is 2.53. The minimum Gasteiger partial charge on any atom is -0.524 e. The molecule has 138 valence electrons. The first-order chi connectivity index (χ1) is 12.9. The molecule has 2 amide bonds. The van der Waals surface area contributed by atoms with Crippen molar-refractivity contribution in [1.29, 1.82) is 0 Å². The third-order valence-corrected chi connectivity index (χ3v) is 3.89. The lowest BCUT2D eigenvalue weighted by Crippen LogP contribution is -2.47. The van der Waals surface area contributed by atoms with Crippen LogP contribution in [-0.4, -0.2) is 37.9 Å². The van der Waals surface area contributed by atoms with Crippen molar-refractivity contribution in [2.45, 2.75) is 0 Å². The van der Waals surface area contributed by atoms with Gasteiger partial charge in [-0.2, -0.15) is 0 Å². The van der Waals surface area contributed by atoms with E-state index in [-0.39, 0.29) is 17.0 Å². The Kier molecular flexibility index (Phi) is 5.61. The molecule has 10 heteroatoms. The molecule has 2 N–H and O–H groups in total. The molecule has 2 aromatic rings. The fourth-order valence-electron chi connectivity index (χ4n) is 2.36. The summed E-state index contributed by atoms with van der Waals surface area (Å²) in [5, 5.41) is 4.94. The van der Waals surface area contributed by atoms with Gasteiger partial charge in [0.2, 0.25) is 5.91 Å². The molecule has 0 spiro atoms. The minimum absolute atomic E-state index is 0.111. The Morgan fingerprint density at radius 2 is 1.89 bits per heavy atom. The van der Waals surface area contributed by atoms with Gasteiger partial charge in [-0.3, -0.25) is 9.59 Å². The second-order valence-electron chi connectivity index (χ2n) is 5.56. The van der Waals surface area contributed by atoms with E-state index in [0.717, 1.165) is 12.1 Å². The summed E-state index contributed by atoms with van der Waals surface area (Å²) in [7, 11) is -0.988. The highest BCUT2D eigenvalue weighted by molar-refractivity contribution is 6.49. The van der Waals surface area contributed by atoms with Crippen LogP contribution in [0.4, 0.5) is 4.39 Å². The van der Waals surface area contributed by atoms with Crippen LogP contribution in [0, 0.1) is 5.82 Å². The van der Waals surface area contributed by atoms with Gasteiger partial charge in [-0.25, -0.2) is 9.18 Å². The Balaban J connectivity index is 1.48. The Labute approximate surface area is 158 Å². The average Bonchev–Trinajstić information content (AvgIpc) is 2.66. The molecule has 1 aliphatic rings. The van der Waals surface area contributed by atoms with Crippen molar-refractivity contribution in [2.24, 2.45) is 0 Å². The molecule has 0 radical (unpaired) electrons. The van der Waals surface area contributed by atoms with Crippen LogP contribution in [0.2, 0.25) is 5.02 Å². The van der Waals surface area contributed by atoms with Crippen molar-refractivity contribution in [3.63, 3.8) is 0 Å². The minimum atomic E-state index is -0.988. The standard InChI is InChI=1S/C17H13BClFN2O5/c19-10-5-6-13(20)12(7-10)16(24)21-8-15(23)22-9-18-26-14-4-2-1-3-11(14)17(25)27-18/h1-7H,8-9H2,(H,21,24)(H,22,23). The van der Waals surface area contributed by atoms with Crippen molar-refractivity contribution < 1.29 is 28.1 Å². The number of carbonyl (C=O) groups excluding carboxylic acids is 3. The number of para-hydroxylation sites is 1. The predicted molar refractivity (Wildman–Crippen MR) is 95.0 cm³/mol. The third-order valence-electron chi connectivity index (χ3n) is 3.65. The topological polar surface area (TPSA) is 93.7 Å². The molecule has 0 aromatic heterocycles. The number of halogens is 2. The number of benzene rings is 2. The molecule has 0 aliphatic carbocycles. The number of amides is 2. The van der Waals surface area contributed by atoms with Gasteiger partial charge < -0.3 is 19.9 Å². The van der Waals surface area contributed by atoms with Crippen LogP contribution < -0.4 is 15.3 Å². The monoisotopic (exact) mass is 390 g/mol. The van der Waals surface area contributed by atoms with Gasteiger partial charge in [0, 0.05) is 5.02 Å². The molecule has 0 bridgehead atoms. The average molecular weight is 391 g/mol. The molecular formula is C17H13BClFN2O5. The number of nitrogens with one attached hydrogen (secondary N) is 2. The van der Waals surface area contributed by atoms with Gasteiger partial charge >= 0.3 is 13.1 Å². The molecule has 0 unspecified atom stereocenters. The molecule has 27 heavy (non-hydrogen) atoms. The molecule has 1 aliphatic heterocycles. The second kappa shape index (κ2) is 8.09. The highest BCUT2D eigenvalue weighted by Gasteiger charge is 2.33. The van der Waals surface area contributed by atoms with Gasteiger partial charge in [0.05, 0.1) is 24.1 Å². The van der Waals surface area contributed by atoms with Gasteiger partial charge in [0.15, 0.2) is 0 Å². The smallest absolute Gasteiger partial charge is 0.524 e. The van der Waals surface area contributed by atoms with Crippen LogP contribution >= 0.6 is 11.6 Å². The summed E-state index contributed by atoms with van der Waals surface area (Å²) in [6.07, 6.45) is -0.111. The summed E-state index contributed by atoms with van der Waals surface area (Å²) in [5.74, 6) is -2.29. The van der Waals surface area contributed by atoms with E-state index < -0.39 is 37.3 Å². The van der Waals surface area contributed by atoms with E-state index >= 15 is 0 Å². The third kappa shape index (κ3) is 4.56. The van der Waals surface area contributed by atoms with E-state index in [1.165, 1.54) is 6.07 Å². The molecule has 0 fully saturated rings. The first-order valence-corrected chi connectivity index (χ1v) is 8.28. The quantitative estimate of drug-likeness (QED) is 0.757. The van der Waals surface area contributed by atoms with Crippen molar-refractivity contribution in [3.05, 3.63) is 64.4 Å². The summed E-state index contributed by atoms with van der Waals surface area (Å²) in [5.41, 5.74) is 0.0346. The zero-order valence-electron chi connectivity index (χ0n) is 13.8. The maximum absolute atomic E-state index is 13.6. The zero-order chi connectivity index (χ0) is 19.4. The Hall–Kier alpha value is -3.07. The molecule has 0 atom stereocenters. The van der Waals surface area contributed by atoms with Crippen LogP contribution in [0.15, 0.2) is 42.5 Å². The summed E-state index contributed by atoms with van der Waals surface area (Å²) in [6, 6.07) is 10.1. The Bertz CT molecular complexity index is 911. The molecular weight excluding hydrogens is 377 g/mol. The number of carbonyl (C=O) groups is 3. The number of hydrogen-bond acceptors (Lipinski definition) is 5. The van der Waals surface area contributed by atoms with Gasteiger partial charge in [-0.15, -0.1) is 0 Å². The van der Waals surface area contributed by atoms with E-state index in [2.05, 4.69) is 10.6 Å². The highest BCUT2D eigenvalue weighted by atomic mass is 35.5. The SMILES string of the molecule is O=C(CNC(=O)c1cc(Cl)ccc1F)NCB1OC(=O)c2ccccc2O1. The molecule has 0 saturated heterocycles. The zero-order valence-corrected chi connectivity index (χ0v) is 14.6. The predicted octanol–water partition coefficient (Wildman–Crippen LogP) is 1.60. The molecule has 0 saturated carbocycles. The normalized spacial score (nSPS) is 12.5. The van der Waals surface area contributed by atoms with E-state index in [0.29, 0.717) is 11.3 Å². The van der Waals surface area contributed by atoms with Crippen LogP contribution in [0.5, 0.6) is 5.75 Å². The van der Waals surface area contributed by atoms with Gasteiger partial charge in [-0.05, 0) is 30.3 Å². The molecule has 3 rings (SSSR count). The van der Waals surface area contributed by atoms with Gasteiger partial charge in [-0.1, -0.05) is 23.7 Å². The van der Waals surface area contributed by atoms with Crippen LogP contribution in [0.3, 0.4) is 0 Å². The Morgan fingerprint density at radius 1 is 1.11 bits per heavy atom. The lowest BCUT2D eigenvalue weighted by molar-refractivity contribution is -0.119. The lowest BCUT2D eigenvalue weighted by Gasteiger charge is -2.22. The van der Waals surface area contributed by atoms with Gasteiger partial charge in [0.1, 0.15) is 11.6 Å². The maximum Gasteiger partial charge on any atom is 0.617 e. The summed E-state index contributed by atoms with van der Waals surface area (Å²) < 4.78 is 24.1. The highest BCUT2D eigenvalue weighted by Crippen LogP contribution is 2.23.